The van der Waals surface area contributed by atoms with Crippen molar-refractivity contribution in [3.63, 3.8) is 0 Å². The Hall–Kier alpha value is -1.62. The number of hydrogen-bond donors (Lipinski definition) is 0. The first-order chi connectivity index (χ1) is 10.2. The molecule has 0 bridgehead atoms. The summed E-state index contributed by atoms with van der Waals surface area (Å²) in [5.74, 6) is 0.0602. The first kappa shape index (κ1) is 21.4. The monoisotopic (exact) mass is 409 g/mol. The molecule has 0 aliphatic carbocycles. The smallest absolute Gasteiger partial charge is 0.716 e. The minimum Gasteiger partial charge on any atom is -0.716 e. The Labute approximate surface area is 144 Å². The predicted molar refractivity (Wildman–Crippen MR) is 73.5 cm³/mol. The third kappa shape index (κ3) is 11.6. The van der Waals surface area contributed by atoms with E-state index in [1.54, 1.807) is 36.4 Å². The van der Waals surface area contributed by atoms with Crippen LogP contribution >= 0.6 is 0 Å². The van der Waals surface area contributed by atoms with Crippen molar-refractivity contribution >= 4 is 20.8 Å². The summed E-state index contributed by atoms with van der Waals surface area (Å²) < 4.78 is 68.2. The zero-order valence-electron chi connectivity index (χ0n) is 11.2. The van der Waals surface area contributed by atoms with Crippen LogP contribution in [0.25, 0.3) is 0 Å². The maximum absolute atomic E-state index is 10.0. The Morgan fingerprint density at radius 2 is 0.870 bits per heavy atom. The molecule has 2 aromatic carbocycles. The van der Waals surface area contributed by atoms with E-state index in [1.165, 1.54) is 24.3 Å². The Bertz CT molecular complexity index is 707. The molecule has 11 heteroatoms. The Morgan fingerprint density at radius 1 is 0.609 bits per heavy atom. The van der Waals surface area contributed by atoms with E-state index in [1.807, 2.05) is 0 Å². The van der Waals surface area contributed by atoms with E-state index in [-0.39, 0.29) is 28.6 Å². The van der Waals surface area contributed by atoms with Gasteiger partial charge in [-0.25, -0.2) is 16.8 Å². The molecule has 0 saturated heterocycles. The molecule has 0 aliphatic heterocycles. The molecule has 0 heterocycles. The van der Waals surface area contributed by atoms with Crippen molar-refractivity contribution in [2.24, 2.45) is 0 Å². The van der Waals surface area contributed by atoms with E-state index in [2.05, 4.69) is 8.37 Å². The second-order valence-electron chi connectivity index (χ2n) is 3.61. The van der Waals surface area contributed by atoms with Gasteiger partial charge in [0.1, 0.15) is 11.5 Å². The van der Waals surface area contributed by atoms with Crippen LogP contribution in [0.1, 0.15) is 0 Å². The van der Waals surface area contributed by atoms with Gasteiger partial charge in [-0.05, 0) is 24.3 Å². The van der Waals surface area contributed by atoms with Gasteiger partial charge in [0.15, 0.2) is 0 Å². The largest absolute Gasteiger partial charge is 2.00 e. The van der Waals surface area contributed by atoms with Crippen LogP contribution in [0.2, 0.25) is 0 Å². The fraction of sp³-hybridized carbons (Fsp3) is 0. The van der Waals surface area contributed by atoms with Gasteiger partial charge < -0.3 is 17.5 Å². The molecule has 0 saturated carbocycles. The summed E-state index contributed by atoms with van der Waals surface area (Å²) in [6.07, 6.45) is 0. The molecule has 0 aliphatic rings. The SMILES string of the molecule is O=S(=O)([O-])Oc1ccccc1.O=S(=O)([O-])Oc1ccccc1.[Cu+2]. The molecule has 0 unspecified atom stereocenters. The molecule has 0 aromatic heterocycles. The van der Waals surface area contributed by atoms with Crippen molar-refractivity contribution in [1.82, 2.24) is 0 Å². The topological polar surface area (TPSA) is 133 Å². The molecule has 129 valence electrons. The van der Waals surface area contributed by atoms with Crippen LogP contribution in [-0.4, -0.2) is 25.9 Å². The van der Waals surface area contributed by atoms with Crippen molar-refractivity contribution in [2.75, 3.05) is 0 Å². The Kier molecular flexibility index (Phi) is 8.83. The van der Waals surface area contributed by atoms with E-state index in [4.69, 9.17) is 0 Å². The van der Waals surface area contributed by atoms with Crippen LogP contribution in [0.4, 0.5) is 0 Å². The first-order valence-electron chi connectivity index (χ1n) is 5.56. The van der Waals surface area contributed by atoms with Crippen LogP contribution in [0.15, 0.2) is 60.7 Å². The quantitative estimate of drug-likeness (QED) is 0.415. The van der Waals surface area contributed by atoms with E-state index >= 15 is 0 Å². The summed E-state index contributed by atoms with van der Waals surface area (Å²) >= 11 is 0. The van der Waals surface area contributed by atoms with E-state index in [0.29, 0.717) is 0 Å². The van der Waals surface area contributed by atoms with Gasteiger partial charge in [-0.15, -0.1) is 0 Å². The molecule has 0 spiro atoms. The van der Waals surface area contributed by atoms with Crippen LogP contribution in [-0.2, 0) is 37.9 Å². The molecule has 8 nitrogen and oxygen atoms in total. The first-order valence-corrected chi connectivity index (χ1v) is 8.23. The van der Waals surface area contributed by atoms with Gasteiger partial charge in [-0.2, -0.15) is 0 Å². The van der Waals surface area contributed by atoms with Crippen molar-refractivity contribution in [2.45, 2.75) is 0 Å². The number of hydrogen-bond acceptors (Lipinski definition) is 8. The fourth-order valence-electron chi connectivity index (χ4n) is 1.19. The molecule has 0 atom stereocenters. The molecular formula is C12H10CuO8S2. The Morgan fingerprint density at radius 3 is 1.09 bits per heavy atom. The summed E-state index contributed by atoms with van der Waals surface area (Å²) in [5.41, 5.74) is 0. The maximum atomic E-state index is 10.0. The van der Waals surface area contributed by atoms with Crippen molar-refractivity contribution in [3.8, 4) is 11.5 Å². The van der Waals surface area contributed by atoms with E-state index in [0.717, 1.165) is 0 Å². The van der Waals surface area contributed by atoms with Gasteiger partial charge in [0.05, 0.1) is 0 Å². The number of rotatable bonds is 4. The fourth-order valence-corrected chi connectivity index (χ4v) is 1.88. The third-order valence-electron chi connectivity index (χ3n) is 1.88. The van der Waals surface area contributed by atoms with Gasteiger partial charge in [0, 0.05) is 0 Å². The normalized spacial score (nSPS) is 10.5. The van der Waals surface area contributed by atoms with E-state index in [9.17, 15) is 25.9 Å². The Balaban J connectivity index is 0.000000403. The minimum absolute atomic E-state index is 0. The zero-order chi connectivity index (χ0) is 16.6. The number of para-hydroxylation sites is 2. The molecule has 2 aromatic rings. The van der Waals surface area contributed by atoms with Crippen LogP contribution < -0.4 is 8.37 Å². The second-order valence-corrected chi connectivity index (χ2v) is 5.58. The molecular weight excluding hydrogens is 400 g/mol. The van der Waals surface area contributed by atoms with Gasteiger partial charge in [-0.3, -0.25) is 0 Å². The molecule has 23 heavy (non-hydrogen) atoms. The van der Waals surface area contributed by atoms with Crippen LogP contribution in [0, 0.1) is 0 Å². The predicted octanol–water partition coefficient (Wildman–Crippen LogP) is 1.05. The van der Waals surface area contributed by atoms with Gasteiger partial charge in [-0.1, -0.05) is 36.4 Å². The summed E-state index contributed by atoms with van der Waals surface area (Å²) in [5, 5.41) is 0. The maximum Gasteiger partial charge on any atom is 2.00 e. The number of benzene rings is 2. The van der Waals surface area contributed by atoms with Crippen LogP contribution in [0.5, 0.6) is 11.5 Å². The standard InChI is InChI=1S/2C6H6O4S.Cu/c2*7-11(8,9)10-6-4-2-1-3-5-6;/h2*1-5H,(H,7,8,9);/q;;+2/p-2. The van der Waals surface area contributed by atoms with E-state index < -0.39 is 20.8 Å². The van der Waals surface area contributed by atoms with Crippen LogP contribution in [0.3, 0.4) is 0 Å². The minimum atomic E-state index is -4.63. The average Bonchev–Trinajstić information content (AvgIpc) is 2.38. The summed E-state index contributed by atoms with van der Waals surface area (Å²) in [6.45, 7) is 0. The molecule has 0 amide bonds. The summed E-state index contributed by atoms with van der Waals surface area (Å²) in [7, 11) is -9.25. The molecule has 2 rings (SSSR count). The van der Waals surface area contributed by atoms with Gasteiger partial charge in [0.25, 0.3) is 20.8 Å². The van der Waals surface area contributed by atoms with Crippen molar-refractivity contribution in [3.05, 3.63) is 60.7 Å². The summed E-state index contributed by atoms with van der Waals surface area (Å²) in [4.78, 5) is 0. The average molecular weight is 410 g/mol. The molecule has 1 radical (unpaired) electrons. The molecule has 0 fully saturated rings. The summed E-state index contributed by atoms with van der Waals surface area (Å²) in [6, 6.07) is 15.2. The second kappa shape index (κ2) is 9.50. The molecule has 0 N–H and O–H groups in total. The zero-order valence-corrected chi connectivity index (χ0v) is 13.7. The van der Waals surface area contributed by atoms with Crippen molar-refractivity contribution < 1.29 is 51.4 Å². The van der Waals surface area contributed by atoms with Gasteiger partial charge >= 0.3 is 17.1 Å². The van der Waals surface area contributed by atoms with Gasteiger partial charge in [0.2, 0.25) is 0 Å². The third-order valence-corrected chi connectivity index (χ3v) is 2.68. The van der Waals surface area contributed by atoms with Crippen molar-refractivity contribution in [1.29, 1.82) is 0 Å².